The van der Waals surface area contributed by atoms with Crippen LogP contribution < -0.4 is 10.4 Å². The number of carboxylic acid groups (broad SMARTS) is 1. The van der Waals surface area contributed by atoms with E-state index in [0.717, 1.165) is 11.3 Å². The number of carbonyl (C=O) groups is 2. The Morgan fingerprint density at radius 2 is 1.73 bits per heavy atom. The van der Waals surface area contributed by atoms with Crippen molar-refractivity contribution in [2.45, 2.75) is 6.92 Å². The highest BCUT2D eigenvalue weighted by Crippen LogP contribution is 2.32. The molecule has 0 aliphatic carbocycles. The summed E-state index contributed by atoms with van der Waals surface area (Å²) in [7, 11) is 0. The average molecular weight is 310 g/mol. The number of thiophene rings is 1. The number of carbonyl (C=O) groups excluding carboxylic acids is 2. The van der Waals surface area contributed by atoms with Gasteiger partial charge >= 0.3 is 0 Å². The van der Waals surface area contributed by atoms with Gasteiger partial charge in [0.25, 0.3) is 5.91 Å². The van der Waals surface area contributed by atoms with E-state index in [2.05, 4.69) is 5.32 Å². The number of carboxylic acids is 1. The molecular formula is C15H8N3O3S-. The summed E-state index contributed by atoms with van der Waals surface area (Å²) in [6, 6.07) is 9.14. The number of hydrogen-bond acceptors (Lipinski definition) is 6. The van der Waals surface area contributed by atoms with Crippen molar-refractivity contribution in [1.82, 2.24) is 0 Å². The van der Waals surface area contributed by atoms with Gasteiger partial charge < -0.3 is 15.2 Å². The van der Waals surface area contributed by atoms with Crippen molar-refractivity contribution in [2.75, 3.05) is 5.32 Å². The lowest BCUT2D eigenvalue weighted by Gasteiger charge is -2.05. The zero-order chi connectivity index (χ0) is 16.3. The van der Waals surface area contributed by atoms with E-state index in [1.165, 1.54) is 24.3 Å². The molecule has 2 aromatic rings. The van der Waals surface area contributed by atoms with Crippen LogP contribution in [0.3, 0.4) is 0 Å². The summed E-state index contributed by atoms with van der Waals surface area (Å²) < 4.78 is 0. The number of rotatable bonds is 3. The summed E-state index contributed by atoms with van der Waals surface area (Å²) in [5.74, 6) is -1.82. The fraction of sp³-hybridized carbons (Fsp3) is 0.0667. The molecule has 0 unspecified atom stereocenters. The van der Waals surface area contributed by atoms with E-state index in [4.69, 9.17) is 10.5 Å². The molecule has 22 heavy (non-hydrogen) atoms. The largest absolute Gasteiger partial charge is 0.545 e. The number of aromatic carboxylic acids is 1. The monoisotopic (exact) mass is 310 g/mol. The van der Waals surface area contributed by atoms with Crippen LogP contribution in [0.1, 0.15) is 36.7 Å². The van der Waals surface area contributed by atoms with Crippen LogP contribution in [-0.4, -0.2) is 11.9 Å². The van der Waals surface area contributed by atoms with Crippen LogP contribution in [0.25, 0.3) is 0 Å². The van der Waals surface area contributed by atoms with Gasteiger partial charge in [-0.15, -0.1) is 11.3 Å². The molecule has 0 radical (unpaired) electrons. The second-order valence-corrected chi connectivity index (χ2v) is 5.32. The standard InChI is InChI=1S/C15H9N3O3S/c1-8-11(6-16)14(22-12(8)7-17)18-13(19)9-2-4-10(5-3-9)15(20)21/h2-5H,1H3,(H,18,19)(H,20,21)/p-1. The van der Waals surface area contributed by atoms with Crippen molar-refractivity contribution >= 4 is 28.2 Å². The highest BCUT2D eigenvalue weighted by atomic mass is 32.1. The number of benzene rings is 1. The second-order valence-electron chi connectivity index (χ2n) is 4.30. The van der Waals surface area contributed by atoms with Gasteiger partial charge in [-0.05, 0) is 30.2 Å². The van der Waals surface area contributed by atoms with Crippen molar-refractivity contribution < 1.29 is 14.7 Å². The van der Waals surface area contributed by atoms with Crippen LogP contribution in [0, 0.1) is 29.6 Å². The van der Waals surface area contributed by atoms with E-state index >= 15 is 0 Å². The summed E-state index contributed by atoms with van der Waals surface area (Å²) >= 11 is 1.02. The molecule has 0 spiro atoms. The first-order chi connectivity index (χ1) is 10.5. The zero-order valence-electron chi connectivity index (χ0n) is 11.3. The quantitative estimate of drug-likeness (QED) is 0.920. The Morgan fingerprint density at radius 3 is 2.23 bits per heavy atom. The summed E-state index contributed by atoms with van der Waals surface area (Å²) in [4.78, 5) is 23.1. The Morgan fingerprint density at radius 1 is 1.14 bits per heavy atom. The lowest BCUT2D eigenvalue weighted by atomic mass is 10.1. The predicted octanol–water partition coefficient (Wildman–Crippen LogP) is 1.42. The maximum Gasteiger partial charge on any atom is 0.256 e. The normalized spacial score (nSPS) is 9.59. The molecule has 1 N–H and O–H groups in total. The van der Waals surface area contributed by atoms with E-state index in [9.17, 15) is 14.7 Å². The Labute approximate surface area is 129 Å². The van der Waals surface area contributed by atoms with Gasteiger partial charge in [-0.3, -0.25) is 4.79 Å². The van der Waals surface area contributed by atoms with Gasteiger partial charge in [0.1, 0.15) is 22.0 Å². The van der Waals surface area contributed by atoms with Crippen LogP contribution in [-0.2, 0) is 0 Å². The molecule has 1 amide bonds. The first-order valence-corrected chi connectivity index (χ1v) is 6.86. The molecule has 0 saturated heterocycles. The second kappa shape index (κ2) is 6.08. The SMILES string of the molecule is Cc1c(C#N)sc(NC(=O)c2ccc(C(=O)[O-])cc2)c1C#N. The van der Waals surface area contributed by atoms with Gasteiger partial charge in [-0.1, -0.05) is 12.1 Å². The van der Waals surface area contributed by atoms with E-state index in [0.29, 0.717) is 15.4 Å². The third-order valence-electron chi connectivity index (χ3n) is 2.97. The maximum atomic E-state index is 12.1. The summed E-state index contributed by atoms with van der Waals surface area (Å²) in [6.45, 7) is 1.64. The van der Waals surface area contributed by atoms with E-state index in [-0.39, 0.29) is 16.7 Å². The highest BCUT2D eigenvalue weighted by molar-refractivity contribution is 7.17. The smallest absolute Gasteiger partial charge is 0.256 e. The molecular weight excluding hydrogens is 302 g/mol. The van der Waals surface area contributed by atoms with Gasteiger partial charge in [0.05, 0.1) is 11.5 Å². The fourth-order valence-electron chi connectivity index (χ4n) is 1.78. The van der Waals surface area contributed by atoms with Crippen LogP contribution in [0.2, 0.25) is 0 Å². The zero-order valence-corrected chi connectivity index (χ0v) is 12.2. The number of anilines is 1. The molecule has 0 bridgehead atoms. The first kappa shape index (κ1) is 15.2. The molecule has 0 atom stereocenters. The molecule has 1 aromatic heterocycles. The van der Waals surface area contributed by atoms with Gasteiger partial charge in [-0.25, -0.2) is 0 Å². The summed E-state index contributed by atoms with van der Waals surface area (Å²) in [5, 5.41) is 31.6. The molecule has 108 valence electrons. The Hall–Kier alpha value is -3.16. The van der Waals surface area contributed by atoms with E-state index < -0.39 is 11.9 Å². The summed E-state index contributed by atoms with van der Waals surface area (Å²) in [5.41, 5.74) is 0.977. The number of nitriles is 2. The van der Waals surface area contributed by atoms with Crippen molar-refractivity contribution in [3.8, 4) is 12.1 Å². The molecule has 1 aromatic carbocycles. The van der Waals surface area contributed by atoms with E-state index in [1.807, 2.05) is 12.1 Å². The molecule has 0 aliphatic heterocycles. The van der Waals surface area contributed by atoms with E-state index in [1.54, 1.807) is 6.92 Å². The number of nitrogens with one attached hydrogen (secondary N) is 1. The number of amides is 1. The molecule has 7 heteroatoms. The molecule has 1 heterocycles. The van der Waals surface area contributed by atoms with Crippen LogP contribution in [0.5, 0.6) is 0 Å². The minimum atomic E-state index is -1.33. The minimum Gasteiger partial charge on any atom is -0.545 e. The predicted molar refractivity (Wildman–Crippen MR) is 77.2 cm³/mol. The number of nitrogens with zero attached hydrogens (tertiary/aromatic N) is 2. The van der Waals surface area contributed by atoms with Crippen molar-refractivity contribution in [3.63, 3.8) is 0 Å². The van der Waals surface area contributed by atoms with Gasteiger partial charge in [0.15, 0.2) is 0 Å². The van der Waals surface area contributed by atoms with Crippen LogP contribution >= 0.6 is 11.3 Å². The third-order valence-corrected chi connectivity index (χ3v) is 4.08. The van der Waals surface area contributed by atoms with Crippen molar-refractivity contribution in [3.05, 3.63) is 51.4 Å². The molecule has 0 aliphatic rings. The average Bonchev–Trinajstić information content (AvgIpc) is 2.82. The molecule has 6 nitrogen and oxygen atoms in total. The minimum absolute atomic E-state index is 0.0343. The Kier molecular flexibility index (Phi) is 4.21. The first-order valence-electron chi connectivity index (χ1n) is 6.04. The van der Waals surface area contributed by atoms with Crippen LogP contribution in [0.4, 0.5) is 5.00 Å². The van der Waals surface area contributed by atoms with Gasteiger partial charge in [0.2, 0.25) is 0 Å². The molecule has 0 saturated carbocycles. The van der Waals surface area contributed by atoms with Gasteiger partial charge in [0, 0.05) is 5.56 Å². The fourth-order valence-corrected chi connectivity index (χ4v) is 2.73. The molecule has 0 fully saturated rings. The number of hydrogen-bond donors (Lipinski definition) is 1. The third kappa shape index (κ3) is 2.80. The maximum absolute atomic E-state index is 12.1. The Balaban J connectivity index is 2.28. The Bertz CT molecular complexity index is 839. The van der Waals surface area contributed by atoms with Crippen molar-refractivity contribution in [2.24, 2.45) is 0 Å². The van der Waals surface area contributed by atoms with Crippen LogP contribution in [0.15, 0.2) is 24.3 Å². The molecule has 2 rings (SSSR count). The topological polar surface area (TPSA) is 117 Å². The highest BCUT2D eigenvalue weighted by Gasteiger charge is 2.17. The van der Waals surface area contributed by atoms with Gasteiger partial charge in [-0.2, -0.15) is 10.5 Å². The lowest BCUT2D eigenvalue weighted by molar-refractivity contribution is -0.255. The summed E-state index contributed by atoms with van der Waals surface area (Å²) in [6.07, 6.45) is 0. The lowest BCUT2D eigenvalue weighted by Crippen LogP contribution is -2.22. The van der Waals surface area contributed by atoms with Crippen molar-refractivity contribution in [1.29, 1.82) is 10.5 Å².